The molecule has 1 aliphatic rings. The first-order valence-corrected chi connectivity index (χ1v) is 9.60. The number of hydrogen-bond acceptors (Lipinski definition) is 4. The Balaban J connectivity index is 0.00000338. The molecule has 7 heteroatoms. The number of aliphatic hydroxyl groups is 1. The van der Waals surface area contributed by atoms with Crippen LogP contribution in [-0.2, 0) is 34.3 Å². The molecule has 145 valence electrons. The first-order chi connectivity index (χ1) is 11.3. The Morgan fingerprint density at radius 1 is 1.27 bits per heavy atom. The third-order valence-electron chi connectivity index (χ3n) is 5.12. The van der Waals surface area contributed by atoms with Gasteiger partial charge in [0.2, 0.25) is 10.0 Å². The van der Waals surface area contributed by atoms with Crippen molar-refractivity contribution >= 4 is 15.8 Å². The third kappa shape index (κ3) is 4.17. The molecule has 26 heavy (non-hydrogen) atoms. The molecule has 2 atom stereocenters. The van der Waals surface area contributed by atoms with Crippen LogP contribution in [0.2, 0.25) is 0 Å². The largest absolute Gasteiger partial charge is 2.00 e. The predicted octanol–water partition coefficient (Wildman–Crippen LogP) is 2.49. The van der Waals surface area contributed by atoms with Gasteiger partial charge in [-0.3, -0.25) is 4.79 Å². The van der Waals surface area contributed by atoms with Crippen LogP contribution >= 0.6 is 0 Å². The molecule has 0 saturated carbocycles. The fourth-order valence-corrected chi connectivity index (χ4v) is 4.60. The summed E-state index contributed by atoms with van der Waals surface area (Å²) in [7, 11) is -3.67. The fraction of sp³-hybridized carbons (Fsp3) is 0.474. The smallest absolute Gasteiger partial charge is 0.378 e. The van der Waals surface area contributed by atoms with Crippen molar-refractivity contribution in [3.8, 4) is 0 Å². The van der Waals surface area contributed by atoms with Crippen molar-refractivity contribution in [2.75, 3.05) is 13.1 Å². The topological polar surface area (TPSA) is 74.7 Å². The minimum absolute atomic E-state index is 0. The third-order valence-corrected chi connectivity index (χ3v) is 6.92. The molecule has 1 aromatic rings. The van der Waals surface area contributed by atoms with E-state index in [1.165, 1.54) is 18.2 Å². The second kappa shape index (κ2) is 7.63. The monoisotopic (exact) mass is 467 g/mol. The summed E-state index contributed by atoms with van der Waals surface area (Å²) >= 11 is 0. The van der Waals surface area contributed by atoms with Crippen LogP contribution < -0.4 is 0 Å². The molecule has 1 heterocycles. The van der Waals surface area contributed by atoms with Gasteiger partial charge in [0.05, 0.1) is 4.90 Å². The average Bonchev–Trinajstić information content (AvgIpc) is 2.82. The quantitative estimate of drug-likeness (QED) is 0.420. The van der Waals surface area contributed by atoms with Gasteiger partial charge in [0.1, 0.15) is 5.60 Å². The maximum absolute atomic E-state index is 12.9. The zero-order chi connectivity index (χ0) is 19.2. The van der Waals surface area contributed by atoms with Crippen molar-refractivity contribution in [3.63, 3.8) is 0 Å². The first-order valence-electron chi connectivity index (χ1n) is 8.16. The Morgan fingerprint density at radius 3 is 2.23 bits per heavy atom. The summed E-state index contributed by atoms with van der Waals surface area (Å²) in [6.07, 6.45) is 0. The van der Waals surface area contributed by atoms with Gasteiger partial charge in [-0.15, -0.1) is 5.41 Å². The number of carbonyl (C=O) groups excluding carboxylic acids is 1. The van der Waals surface area contributed by atoms with Gasteiger partial charge in [0.25, 0.3) is 0 Å². The standard InChI is InChI=1S/C19H26NO4S.Rh/c1-13-7-9-16(10-8-13)25(23,24)20-11-17(18(4,5)12-20)14(2)19(6,22)15(3)21;/h7-10,22H,4,11-12H2,1-3,5-6H3;/q-1;+2/b17-14-;/t18-,19+;/m1./s1. The van der Waals surface area contributed by atoms with Crippen LogP contribution in [-0.4, -0.2) is 42.3 Å². The van der Waals surface area contributed by atoms with E-state index in [2.05, 4.69) is 6.92 Å². The number of sulfonamides is 1. The van der Waals surface area contributed by atoms with Crippen molar-refractivity contribution < 1.29 is 37.8 Å². The molecular formula is C19H26NO4RhS+. The molecule has 1 saturated heterocycles. The molecule has 0 bridgehead atoms. The van der Waals surface area contributed by atoms with E-state index in [-0.39, 0.29) is 43.2 Å². The normalized spacial score (nSPS) is 25.3. The number of carbonyl (C=O) groups is 1. The van der Waals surface area contributed by atoms with Crippen molar-refractivity contribution in [1.29, 1.82) is 0 Å². The summed E-state index contributed by atoms with van der Waals surface area (Å²) in [6, 6.07) is 6.69. The van der Waals surface area contributed by atoms with E-state index in [0.29, 0.717) is 11.1 Å². The van der Waals surface area contributed by atoms with Crippen LogP contribution in [0.25, 0.3) is 0 Å². The van der Waals surface area contributed by atoms with Gasteiger partial charge in [-0.05, 0) is 51.9 Å². The first kappa shape index (κ1) is 23.2. The number of Topliss-reactive ketones (excluding diaryl/α,β-unsaturated/α-hetero) is 1. The predicted molar refractivity (Wildman–Crippen MR) is 97.4 cm³/mol. The summed E-state index contributed by atoms with van der Waals surface area (Å²) in [5.74, 6) is -0.381. The van der Waals surface area contributed by atoms with Crippen LogP contribution in [0.3, 0.4) is 0 Å². The van der Waals surface area contributed by atoms with E-state index in [9.17, 15) is 18.3 Å². The molecule has 0 spiro atoms. The van der Waals surface area contributed by atoms with Crippen molar-refractivity contribution in [2.45, 2.75) is 45.1 Å². The molecule has 0 amide bonds. The number of benzene rings is 1. The number of ketones is 1. The van der Waals surface area contributed by atoms with Crippen molar-refractivity contribution in [3.05, 3.63) is 47.9 Å². The second-order valence-electron chi connectivity index (χ2n) is 7.38. The number of hydrogen-bond donors (Lipinski definition) is 1. The summed E-state index contributed by atoms with van der Waals surface area (Å²) < 4.78 is 27.2. The molecule has 1 fully saturated rings. The summed E-state index contributed by atoms with van der Waals surface area (Å²) in [5, 5.41) is 10.5. The van der Waals surface area contributed by atoms with E-state index < -0.39 is 21.0 Å². The fourth-order valence-electron chi connectivity index (χ4n) is 3.07. The summed E-state index contributed by atoms with van der Waals surface area (Å²) in [4.78, 5) is 12.0. The molecule has 1 N–H and O–H groups in total. The molecule has 1 radical (unpaired) electrons. The van der Waals surface area contributed by atoms with Crippen LogP contribution in [0.5, 0.6) is 0 Å². The second-order valence-corrected chi connectivity index (χ2v) is 9.32. The Kier molecular flexibility index (Phi) is 6.79. The zero-order valence-electron chi connectivity index (χ0n) is 15.8. The Bertz CT molecular complexity index is 824. The molecule has 2 rings (SSSR count). The average molecular weight is 467 g/mol. The van der Waals surface area contributed by atoms with Crippen LogP contribution in [0.4, 0.5) is 0 Å². The summed E-state index contributed by atoms with van der Waals surface area (Å²) in [6.45, 7) is 12.6. The van der Waals surface area contributed by atoms with Gasteiger partial charge in [-0.1, -0.05) is 30.2 Å². The molecule has 1 aromatic carbocycles. The molecular weight excluding hydrogens is 441 g/mol. The van der Waals surface area contributed by atoms with Crippen LogP contribution in [0, 0.1) is 19.3 Å². The van der Waals surface area contributed by atoms with Gasteiger partial charge in [0, 0.05) is 6.54 Å². The van der Waals surface area contributed by atoms with Crippen molar-refractivity contribution in [1.82, 2.24) is 4.31 Å². The molecule has 0 aliphatic carbocycles. The van der Waals surface area contributed by atoms with E-state index in [4.69, 9.17) is 0 Å². The Labute approximate surface area is 169 Å². The summed E-state index contributed by atoms with van der Waals surface area (Å²) in [5.41, 5.74) is -0.196. The Hall–Kier alpha value is -0.877. The van der Waals surface area contributed by atoms with Gasteiger partial charge in [-0.2, -0.15) is 4.31 Å². The van der Waals surface area contributed by atoms with E-state index in [0.717, 1.165) is 5.56 Å². The van der Waals surface area contributed by atoms with E-state index in [1.807, 2.05) is 13.8 Å². The van der Waals surface area contributed by atoms with Gasteiger partial charge in [-0.25, -0.2) is 8.42 Å². The Morgan fingerprint density at radius 2 is 1.77 bits per heavy atom. The number of rotatable bonds is 4. The van der Waals surface area contributed by atoms with Crippen LogP contribution in [0.15, 0.2) is 40.3 Å². The van der Waals surface area contributed by atoms with Gasteiger partial charge in [0.15, 0.2) is 5.78 Å². The maximum Gasteiger partial charge on any atom is 2.00 e. The van der Waals surface area contributed by atoms with E-state index >= 15 is 0 Å². The molecule has 1 aliphatic heterocycles. The zero-order valence-corrected chi connectivity index (χ0v) is 18.2. The number of nitrogens with zero attached hydrogens (tertiary/aromatic N) is 1. The molecule has 5 nitrogen and oxygen atoms in total. The van der Waals surface area contributed by atoms with Crippen LogP contribution in [0.1, 0.15) is 33.3 Å². The number of aryl methyl sites for hydroxylation is 1. The van der Waals surface area contributed by atoms with Gasteiger partial charge < -0.3 is 12.0 Å². The van der Waals surface area contributed by atoms with E-state index in [1.54, 1.807) is 31.2 Å². The molecule has 0 unspecified atom stereocenters. The minimum atomic E-state index is -3.67. The maximum atomic E-state index is 12.9. The SMILES string of the molecule is [CH2-][C@@]1(C)CN(S(=O)(=O)c2ccc(C)cc2)C/C1=C(\C)[C@](C)(O)C(C)=O.[Rh+2]. The van der Waals surface area contributed by atoms with Gasteiger partial charge >= 0.3 is 19.5 Å². The minimum Gasteiger partial charge on any atom is -0.378 e. The molecule has 0 aromatic heterocycles. The van der Waals surface area contributed by atoms with Crippen molar-refractivity contribution in [2.24, 2.45) is 5.41 Å².